The second kappa shape index (κ2) is 5.45. The molecule has 0 unspecified atom stereocenters. The SMILES string of the molecule is CC1CCC(Nc2ccc(C(N)=S)nc2)CC1. The molecule has 1 aromatic rings. The summed E-state index contributed by atoms with van der Waals surface area (Å²) in [6.07, 6.45) is 6.94. The third-order valence-corrected chi connectivity index (χ3v) is 3.61. The van der Waals surface area contributed by atoms with E-state index in [0.717, 1.165) is 11.6 Å². The lowest BCUT2D eigenvalue weighted by Gasteiger charge is -2.27. The fourth-order valence-electron chi connectivity index (χ4n) is 2.27. The third kappa shape index (κ3) is 3.40. The highest BCUT2D eigenvalue weighted by atomic mass is 32.1. The van der Waals surface area contributed by atoms with Gasteiger partial charge in [-0.25, -0.2) is 0 Å². The zero-order valence-corrected chi connectivity index (χ0v) is 11.0. The Balaban J connectivity index is 1.92. The maximum absolute atomic E-state index is 5.51. The molecule has 1 aliphatic carbocycles. The van der Waals surface area contributed by atoms with Crippen LogP contribution in [0.15, 0.2) is 18.3 Å². The van der Waals surface area contributed by atoms with Crippen LogP contribution in [0.5, 0.6) is 0 Å². The molecule has 1 saturated carbocycles. The van der Waals surface area contributed by atoms with Crippen molar-refractivity contribution in [2.45, 2.75) is 38.6 Å². The summed E-state index contributed by atoms with van der Waals surface area (Å²) < 4.78 is 0. The summed E-state index contributed by atoms with van der Waals surface area (Å²) in [7, 11) is 0. The molecule has 0 atom stereocenters. The minimum Gasteiger partial charge on any atom is -0.388 e. The van der Waals surface area contributed by atoms with Gasteiger partial charge in [0, 0.05) is 6.04 Å². The Bertz CT molecular complexity index is 380. The van der Waals surface area contributed by atoms with Crippen LogP contribution in [-0.4, -0.2) is 16.0 Å². The number of hydrogen-bond acceptors (Lipinski definition) is 3. The van der Waals surface area contributed by atoms with Gasteiger partial charge in [-0.2, -0.15) is 0 Å². The minimum absolute atomic E-state index is 0.350. The smallest absolute Gasteiger partial charge is 0.122 e. The van der Waals surface area contributed by atoms with Crippen molar-refractivity contribution in [3.8, 4) is 0 Å². The summed E-state index contributed by atoms with van der Waals surface area (Å²) in [5, 5.41) is 3.52. The fourth-order valence-corrected chi connectivity index (χ4v) is 2.39. The highest BCUT2D eigenvalue weighted by molar-refractivity contribution is 7.80. The first-order valence-electron chi connectivity index (χ1n) is 6.17. The van der Waals surface area contributed by atoms with Gasteiger partial charge in [-0.3, -0.25) is 4.98 Å². The Morgan fingerprint density at radius 3 is 2.59 bits per heavy atom. The van der Waals surface area contributed by atoms with E-state index in [4.69, 9.17) is 18.0 Å². The predicted octanol–water partition coefficient (Wildman–Crippen LogP) is 2.71. The molecule has 92 valence electrons. The largest absolute Gasteiger partial charge is 0.388 e. The zero-order valence-electron chi connectivity index (χ0n) is 10.1. The average molecular weight is 249 g/mol. The molecule has 17 heavy (non-hydrogen) atoms. The van der Waals surface area contributed by atoms with Gasteiger partial charge in [0.1, 0.15) is 4.99 Å². The molecule has 3 N–H and O–H groups in total. The lowest BCUT2D eigenvalue weighted by Crippen LogP contribution is -2.25. The van der Waals surface area contributed by atoms with Crippen LogP contribution in [0.1, 0.15) is 38.3 Å². The van der Waals surface area contributed by atoms with Crippen LogP contribution < -0.4 is 11.1 Å². The van der Waals surface area contributed by atoms with Crippen LogP contribution in [0.2, 0.25) is 0 Å². The zero-order chi connectivity index (χ0) is 12.3. The number of aromatic nitrogens is 1. The van der Waals surface area contributed by atoms with Gasteiger partial charge >= 0.3 is 0 Å². The van der Waals surface area contributed by atoms with Gasteiger partial charge < -0.3 is 11.1 Å². The van der Waals surface area contributed by atoms with Crippen molar-refractivity contribution in [3.05, 3.63) is 24.0 Å². The van der Waals surface area contributed by atoms with E-state index in [0.29, 0.717) is 16.7 Å². The quantitative estimate of drug-likeness (QED) is 0.809. The van der Waals surface area contributed by atoms with Gasteiger partial charge in [0.2, 0.25) is 0 Å². The van der Waals surface area contributed by atoms with E-state index in [1.54, 1.807) is 0 Å². The Morgan fingerprint density at radius 2 is 2.06 bits per heavy atom. The molecular weight excluding hydrogens is 230 g/mol. The van der Waals surface area contributed by atoms with E-state index < -0.39 is 0 Å². The Labute approximate surface area is 108 Å². The molecule has 4 heteroatoms. The van der Waals surface area contributed by atoms with Crippen molar-refractivity contribution < 1.29 is 0 Å². The average Bonchev–Trinajstić information content (AvgIpc) is 2.33. The molecule has 0 saturated heterocycles. The van der Waals surface area contributed by atoms with Crippen molar-refractivity contribution >= 4 is 22.9 Å². The summed E-state index contributed by atoms with van der Waals surface area (Å²) >= 11 is 4.87. The molecule has 1 heterocycles. The van der Waals surface area contributed by atoms with Crippen molar-refractivity contribution in [3.63, 3.8) is 0 Å². The highest BCUT2D eigenvalue weighted by Gasteiger charge is 2.17. The van der Waals surface area contributed by atoms with E-state index in [-0.39, 0.29) is 0 Å². The molecule has 2 rings (SSSR count). The number of nitrogens with one attached hydrogen (secondary N) is 1. The number of thiocarbonyl (C=S) groups is 1. The fraction of sp³-hybridized carbons (Fsp3) is 0.538. The lowest BCUT2D eigenvalue weighted by atomic mass is 9.87. The monoisotopic (exact) mass is 249 g/mol. The van der Waals surface area contributed by atoms with Gasteiger partial charge in [-0.15, -0.1) is 0 Å². The number of nitrogens with two attached hydrogens (primary N) is 1. The number of nitrogens with zero attached hydrogens (tertiary/aromatic N) is 1. The molecular formula is C13H19N3S. The third-order valence-electron chi connectivity index (χ3n) is 3.40. The van der Waals surface area contributed by atoms with Gasteiger partial charge in [0.25, 0.3) is 0 Å². The van der Waals surface area contributed by atoms with Crippen molar-refractivity contribution in [2.24, 2.45) is 11.7 Å². The molecule has 0 amide bonds. The Morgan fingerprint density at radius 1 is 1.35 bits per heavy atom. The van der Waals surface area contributed by atoms with Crippen molar-refractivity contribution in [1.82, 2.24) is 4.98 Å². The van der Waals surface area contributed by atoms with E-state index in [2.05, 4.69) is 17.2 Å². The highest BCUT2D eigenvalue weighted by Crippen LogP contribution is 2.25. The van der Waals surface area contributed by atoms with E-state index >= 15 is 0 Å². The standard InChI is InChI=1S/C13H19N3S/c1-9-2-4-10(5-3-9)16-11-6-7-12(13(14)17)15-8-11/h6-10,16H,2-5H2,1H3,(H2,14,17). The van der Waals surface area contributed by atoms with Gasteiger partial charge in [0.05, 0.1) is 17.6 Å². The van der Waals surface area contributed by atoms with Crippen LogP contribution in [0.3, 0.4) is 0 Å². The molecule has 0 spiro atoms. The first kappa shape index (κ1) is 12.3. The molecule has 0 bridgehead atoms. The van der Waals surface area contributed by atoms with E-state index in [1.165, 1.54) is 25.7 Å². The summed E-state index contributed by atoms with van der Waals surface area (Å²) in [5.41, 5.74) is 7.25. The minimum atomic E-state index is 0.350. The van der Waals surface area contributed by atoms with Crippen LogP contribution in [0.4, 0.5) is 5.69 Å². The first-order chi connectivity index (χ1) is 8.15. The molecule has 3 nitrogen and oxygen atoms in total. The summed E-state index contributed by atoms with van der Waals surface area (Å²) in [5.74, 6) is 0.878. The van der Waals surface area contributed by atoms with Gasteiger partial charge in [0.15, 0.2) is 0 Å². The first-order valence-corrected chi connectivity index (χ1v) is 6.58. The van der Waals surface area contributed by atoms with Gasteiger partial charge in [-0.05, 0) is 43.7 Å². The van der Waals surface area contributed by atoms with E-state index in [9.17, 15) is 0 Å². The van der Waals surface area contributed by atoms with E-state index in [1.807, 2.05) is 18.3 Å². The van der Waals surface area contributed by atoms with Crippen molar-refractivity contribution in [1.29, 1.82) is 0 Å². The van der Waals surface area contributed by atoms with Crippen LogP contribution in [0.25, 0.3) is 0 Å². The number of pyridine rings is 1. The second-order valence-electron chi connectivity index (χ2n) is 4.90. The molecule has 0 radical (unpaired) electrons. The predicted molar refractivity (Wildman–Crippen MR) is 75.2 cm³/mol. The van der Waals surface area contributed by atoms with Crippen LogP contribution >= 0.6 is 12.2 Å². The maximum Gasteiger partial charge on any atom is 0.122 e. The normalized spacial score (nSPS) is 24.3. The maximum atomic E-state index is 5.51. The Kier molecular flexibility index (Phi) is 3.94. The van der Waals surface area contributed by atoms with Crippen LogP contribution in [0, 0.1) is 5.92 Å². The summed E-state index contributed by atoms with van der Waals surface area (Å²) in [6.45, 7) is 2.33. The molecule has 0 aromatic carbocycles. The van der Waals surface area contributed by atoms with Gasteiger partial charge in [-0.1, -0.05) is 19.1 Å². The second-order valence-corrected chi connectivity index (χ2v) is 5.34. The molecule has 1 aromatic heterocycles. The summed E-state index contributed by atoms with van der Waals surface area (Å²) in [6, 6.07) is 4.46. The molecule has 1 fully saturated rings. The lowest BCUT2D eigenvalue weighted by molar-refractivity contribution is 0.361. The number of rotatable bonds is 3. The number of anilines is 1. The molecule has 1 aliphatic rings. The molecule has 0 aliphatic heterocycles. The number of hydrogen-bond donors (Lipinski definition) is 2. The van der Waals surface area contributed by atoms with Crippen molar-refractivity contribution in [2.75, 3.05) is 5.32 Å². The van der Waals surface area contributed by atoms with Crippen LogP contribution in [-0.2, 0) is 0 Å². The summed E-state index contributed by atoms with van der Waals surface area (Å²) in [4.78, 5) is 4.58. The Hall–Kier alpha value is -1.16. The topological polar surface area (TPSA) is 50.9 Å².